The third kappa shape index (κ3) is 5.13. The molecular weight excluding hydrogens is 422 g/mol. The van der Waals surface area contributed by atoms with Crippen LogP contribution in [0.5, 0.6) is 0 Å². The molecule has 3 aromatic rings. The van der Waals surface area contributed by atoms with Gasteiger partial charge in [0.2, 0.25) is 0 Å². The summed E-state index contributed by atoms with van der Waals surface area (Å²) in [6.45, 7) is 5.48. The third-order valence-corrected chi connectivity index (χ3v) is 6.94. The van der Waals surface area contributed by atoms with Gasteiger partial charge in [-0.2, -0.15) is 5.26 Å². The summed E-state index contributed by atoms with van der Waals surface area (Å²) < 4.78 is 0. The van der Waals surface area contributed by atoms with Gasteiger partial charge in [-0.3, -0.25) is 4.79 Å². The summed E-state index contributed by atoms with van der Waals surface area (Å²) in [5.74, 6) is -0.839. The number of anilines is 1. The molecule has 1 heterocycles. The summed E-state index contributed by atoms with van der Waals surface area (Å²) in [5.41, 5.74) is 6.07. The van der Waals surface area contributed by atoms with E-state index in [2.05, 4.69) is 54.0 Å². The molecule has 174 valence electrons. The fraction of sp³-hybridized carbons (Fsp3) is 0.310. The molecule has 5 nitrogen and oxygen atoms in total. The average Bonchev–Trinajstić information content (AvgIpc) is 2.88. The Labute approximate surface area is 201 Å². The smallest absolute Gasteiger partial charge is 0.310 e. The lowest BCUT2D eigenvalue weighted by atomic mass is 9.83. The van der Waals surface area contributed by atoms with Crippen molar-refractivity contribution >= 4 is 11.7 Å². The first-order valence-corrected chi connectivity index (χ1v) is 11.8. The Balaban J connectivity index is 1.54. The van der Waals surface area contributed by atoms with Crippen LogP contribution in [0.1, 0.15) is 59.5 Å². The van der Waals surface area contributed by atoms with Crippen LogP contribution in [0.2, 0.25) is 0 Å². The monoisotopic (exact) mass is 453 g/mol. The third-order valence-electron chi connectivity index (χ3n) is 6.94. The van der Waals surface area contributed by atoms with E-state index in [4.69, 9.17) is 0 Å². The van der Waals surface area contributed by atoms with E-state index < -0.39 is 11.9 Å². The first-order chi connectivity index (χ1) is 16.5. The zero-order valence-electron chi connectivity index (χ0n) is 19.7. The van der Waals surface area contributed by atoms with Gasteiger partial charge in [-0.05, 0) is 59.6 Å². The van der Waals surface area contributed by atoms with Gasteiger partial charge < -0.3 is 15.7 Å². The minimum absolute atomic E-state index is 0.122. The molecule has 0 bridgehead atoms. The Bertz CT molecular complexity index is 1190. The quantitative estimate of drug-likeness (QED) is 0.421. The van der Waals surface area contributed by atoms with Crippen molar-refractivity contribution in [2.75, 3.05) is 18.4 Å². The highest BCUT2D eigenvalue weighted by molar-refractivity contribution is 5.75. The molecule has 0 spiro atoms. The van der Waals surface area contributed by atoms with Crippen LogP contribution in [-0.2, 0) is 11.2 Å². The number of fused-ring (bicyclic) bond motifs is 1. The summed E-state index contributed by atoms with van der Waals surface area (Å²) in [6, 6.07) is 26.7. The number of carbonyl (C=O) groups is 1. The maximum absolute atomic E-state index is 11.4. The van der Waals surface area contributed by atoms with E-state index in [0.717, 1.165) is 47.5 Å². The van der Waals surface area contributed by atoms with Crippen LogP contribution >= 0.6 is 0 Å². The van der Waals surface area contributed by atoms with E-state index in [0.29, 0.717) is 0 Å². The zero-order chi connectivity index (χ0) is 24.1. The van der Waals surface area contributed by atoms with E-state index in [1.807, 2.05) is 42.5 Å². The van der Waals surface area contributed by atoms with Crippen molar-refractivity contribution in [2.45, 2.75) is 38.1 Å². The Morgan fingerprint density at radius 3 is 2.50 bits per heavy atom. The van der Waals surface area contributed by atoms with Crippen LogP contribution in [0.15, 0.2) is 72.8 Å². The van der Waals surface area contributed by atoms with Gasteiger partial charge in [0.1, 0.15) is 0 Å². The van der Waals surface area contributed by atoms with Crippen molar-refractivity contribution in [1.82, 2.24) is 5.32 Å². The minimum Gasteiger partial charge on any atom is -0.481 e. The second-order valence-electron chi connectivity index (χ2n) is 9.22. The zero-order valence-corrected chi connectivity index (χ0v) is 19.7. The van der Waals surface area contributed by atoms with Crippen LogP contribution in [0.3, 0.4) is 0 Å². The fourth-order valence-corrected chi connectivity index (χ4v) is 4.80. The molecule has 0 fully saturated rings. The van der Waals surface area contributed by atoms with Crippen LogP contribution in [0.25, 0.3) is 0 Å². The number of nitrogens with zero attached hydrogens (tertiary/aromatic N) is 1. The number of benzene rings is 3. The van der Waals surface area contributed by atoms with Gasteiger partial charge in [-0.15, -0.1) is 0 Å². The lowest BCUT2D eigenvalue weighted by molar-refractivity contribution is -0.138. The minimum atomic E-state index is -0.811. The Hall–Kier alpha value is -3.62. The Morgan fingerprint density at radius 1 is 1.06 bits per heavy atom. The second kappa shape index (κ2) is 10.5. The SMILES string of the molecule is C[C@@H](CN[C@H](c1ccccc1)[C@H]1CNc2cccc(C#N)c2C1)c1cccc([C@@H](C)C(=O)O)c1. The molecule has 5 heteroatoms. The van der Waals surface area contributed by atoms with E-state index in [1.165, 1.54) is 5.56 Å². The van der Waals surface area contributed by atoms with Gasteiger partial charge in [-0.25, -0.2) is 0 Å². The maximum Gasteiger partial charge on any atom is 0.310 e. The van der Waals surface area contributed by atoms with Crippen LogP contribution < -0.4 is 10.6 Å². The normalized spacial score (nSPS) is 17.5. The van der Waals surface area contributed by atoms with Crippen molar-refractivity contribution in [3.05, 3.63) is 101 Å². The Kier molecular flexibility index (Phi) is 7.30. The molecule has 0 amide bonds. The number of nitriles is 1. The average molecular weight is 454 g/mol. The van der Waals surface area contributed by atoms with E-state index in [9.17, 15) is 15.2 Å². The highest BCUT2D eigenvalue weighted by atomic mass is 16.4. The first kappa shape index (κ1) is 23.5. The summed E-state index contributed by atoms with van der Waals surface area (Å²) in [4.78, 5) is 11.4. The van der Waals surface area contributed by atoms with Gasteiger partial charge in [0.25, 0.3) is 0 Å². The van der Waals surface area contributed by atoms with Crippen molar-refractivity contribution in [1.29, 1.82) is 5.26 Å². The summed E-state index contributed by atoms with van der Waals surface area (Å²) >= 11 is 0. The number of hydrogen-bond acceptors (Lipinski definition) is 4. The number of nitrogens with one attached hydrogen (secondary N) is 2. The molecule has 4 rings (SSSR count). The lowest BCUT2D eigenvalue weighted by Gasteiger charge is -2.34. The van der Waals surface area contributed by atoms with Crippen molar-refractivity contribution < 1.29 is 9.90 Å². The molecule has 0 aliphatic carbocycles. The van der Waals surface area contributed by atoms with Gasteiger partial charge in [0, 0.05) is 24.8 Å². The largest absolute Gasteiger partial charge is 0.481 e. The van der Waals surface area contributed by atoms with E-state index >= 15 is 0 Å². The highest BCUT2D eigenvalue weighted by Crippen LogP contribution is 2.34. The van der Waals surface area contributed by atoms with Gasteiger partial charge in [0.05, 0.1) is 17.6 Å². The molecule has 34 heavy (non-hydrogen) atoms. The predicted octanol–water partition coefficient (Wildman–Crippen LogP) is 5.47. The molecule has 3 aromatic carbocycles. The fourth-order valence-electron chi connectivity index (χ4n) is 4.80. The molecule has 0 saturated heterocycles. The maximum atomic E-state index is 11.4. The highest BCUT2D eigenvalue weighted by Gasteiger charge is 2.29. The number of hydrogen-bond donors (Lipinski definition) is 3. The van der Waals surface area contributed by atoms with Crippen LogP contribution in [-0.4, -0.2) is 24.2 Å². The van der Waals surface area contributed by atoms with Crippen molar-refractivity contribution in [3.8, 4) is 6.07 Å². The summed E-state index contributed by atoms with van der Waals surface area (Å²) in [6.07, 6.45) is 0.832. The number of rotatable bonds is 8. The molecule has 0 unspecified atom stereocenters. The van der Waals surface area contributed by atoms with E-state index in [1.54, 1.807) is 6.92 Å². The summed E-state index contributed by atoms with van der Waals surface area (Å²) in [7, 11) is 0. The lowest BCUT2D eigenvalue weighted by Crippen LogP contribution is -2.37. The molecule has 4 atom stereocenters. The standard InChI is InChI=1S/C29H31N3O2/c1-19(22-10-6-11-23(14-22)20(2)29(33)34)17-32-28(21-8-4-3-5-9-21)25-15-26-24(16-30)12-7-13-27(26)31-18-25/h3-14,19-20,25,28,31-32H,15,17-18H2,1-2H3,(H,33,34)/t19-,20+,25+,28+/m0/s1. The van der Waals surface area contributed by atoms with Gasteiger partial charge >= 0.3 is 5.97 Å². The molecular formula is C29H31N3O2. The number of aliphatic carboxylic acids is 1. The Morgan fingerprint density at radius 2 is 1.76 bits per heavy atom. The molecule has 0 saturated carbocycles. The van der Waals surface area contributed by atoms with Gasteiger partial charge in [0.15, 0.2) is 0 Å². The molecule has 0 radical (unpaired) electrons. The molecule has 0 aromatic heterocycles. The summed E-state index contributed by atoms with van der Waals surface area (Å²) in [5, 5.41) is 26.3. The van der Waals surface area contributed by atoms with Crippen LogP contribution in [0.4, 0.5) is 5.69 Å². The number of carboxylic acids is 1. The molecule has 1 aliphatic rings. The van der Waals surface area contributed by atoms with Crippen LogP contribution in [0, 0.1) is 17.2 Å². The van der Waals surface area contributed by atoms with Crippen molar-refractivity contribution in [2.24, 2.45) is 5.92 Å². The van der Waals surface area contributed by atoms with E-state index in [-0.39, 0.29) is 17.9 Å². The van der Waals surface area contributed by atoms with Gasteiger partial charge in [-0.1, -0.05) is 67.6 Å². The molecule has 1 aliphatic heterocycles. The van der Waals surface area contributed by atoms with Crippen molar-refractivity contribution in [3.63, 3.8) is 0 Å². The predicted molar refractivity (Wildman–Crippen MR) is 135 cm³/mol. The number of carboxylic acid groups (broad SMARTS) is 1. The topological polar surface area (TPSA) is 85.1 Å². The molecule has 3 N–H and O–H groups in total. The second-order valence-corrected chi connectivity index (χ2v) is 9.22. The first-order valence-electron chi connectivity index (χ1n) is 11.8.